The summed E-state index contributed by atoms with van der Waals surface area (Å²) in [6.07, 6.45) is 0. The van der Waals surface area contributed by atoms with Gasteiger partial charge in [0.1, 0.15) is 10.1 Å². The van der Waals surface area contributed by atoms with Crippen molar-refractivity contribution < 1.29 is 22.5 Å². The number of hydrogen-bond acceptors (Lipinski definition) is 6. The van der Waals surface area contributed by atoms with E-state index >= 15 is 0 Å². The third-order valence-corrected chi connectivity index (χ3v) is 5.51. The lowest BCUT2D eigenvalue weighted by Crippen LogP contribution is -2.32. The van der Waals surface area contributed by atoms with Crippen LogP contribution in [0.5, 0.6) is 5.75 Å². The molecule has 0 radical (unpaired) electrons. The van der Waals surface area contributed by atoms with Gasteiger partial charge in [-0.25, -0.2) is 0 Å². The third kappa shape index (κ3) is 4.31. The highest BCUT2D eigenvalue weighted by Crippen LogP contribution is 2.37. The van der Waals surface area contributed by atoms with E-state index in [2.05, 4.69) is 0 Å². The van der Waals surface area contributed by atoms with Gasteiger partial charge in [-0.15, -0.1) is 0 Å². The van der Waals surface area contributed by atoms with Gasteiger partial charge in [-0.05, 0) is 30.2 Å². The van der Waals surface area contributed by atoms with Gasteiger partial charge in [0.05, 0.1) is 17.8 Å². The van der Waals surface area contributed by atoms with Crippen LogP contribution >= 0.6 is 24.0 Å². The maximum atomic E-state index is 12.5. The molecule has 2 rings (SSSR count). The molecule has 23 heavy (non-hydrogen) atoms. The Kier molecular flexibility index (Phi) is 5.45. The number of nitrogens with zero attached hydrogens (tertiary/aromatic N) is 1. The van der Waals surface area contributed by atoms with E-state index in [1.54, 1.807) is 26.2 Å². The van der Waals surface area contributed by atoms with Crippen molar-refractivity contribution in [3.05, 3.63) is 34.7 Å². The molecule has 0 aliphatic carbocycles. The van der Waals surface area contributed by atoms with Gasteiger partial charge in [-0.3, -0.25) is 14.2 Å². The van der Waals surface area contributed by atoms with Crippen LogP contribution in [-0.2, 0) is 14.9 Å². The van der Waals surface area contributed by atoms with Gasteiger partial charge >= 0.3 is 0 Å². The summed E-state index contributed by atoms with van der Waals surface area (Å²) in [6, 6.07) is 7.27. The van der Waals surface area contributed by atoms with Crippen LogP contribution in [0, 0.1) is 0 Å². The van der Waals surface area contributed by atoms with Crippen molar-refractivity contribution in [2.24, 2.45) is 0 Å². The first-order chi connectivity index (χ1) is 10.7. The minimum atomic E-state index is -4.15. The number of hydrogen-bond donors (Lipinski definition) is 1. The molecule has 1 saturated heterocycles. The van der Waals surface area contributed by atoms with Gasteiger partial charge in [-0.2, -0.15) is 8.42 Å². The zero-order valence-electron chi connectivity index (χ0n) is 12.5. The summed E-state index contributed by atoms with van der Waals surface area (Å²) in [5.41, 5.74) is 1.55. The number of carbonyl (C=O) groups excluding carboxylic acids is 1. The molecule has 1 aromatic rings. The molecule has 1 fully saturated rings. The molecule has 1 N–H and O–H groups in total. The van der Waals surface area contributed by atoms with E-state index in [9.17, 15) is 13.2 Å². The van der Waals surface area contributed by atoms with Gasteiger partial charge < -0.3 is 4.74 Å². The second-order valence-electron chi connectivity index (χ2n) is 4.80. The van der Waals surface area contributed by atoms with Crippen LogP contribution in [0.4, 0.5) is 0 Å². The number of allylic oxidation sites excluding steroid dienone is 1. The van der Waals surface area contributed by atoms with Crippen LogP contribution < -0.4 is 4.74 Å². The van der Waals surface area contributed by atoms with E-state index in [1.165, 1.54) is 4.90 Å². The minimum absolute atomic E-state index is 0.168. The van der Waals surface area contributed by atoms with Crippen LogP contribution in [0.25, 0.3) is 5.57 Å². The smallest absolute Gasteiger partial charge is 0.266 e. The second-order valence-corrected chi connectivity index (χ2v) is 8.01. The van der Waals surface area contributed by atoms with Gasteiger partial charge in [0.25, 0.3) is 16.0 Å². The first-order valence-corrected chi connectivity index (χ1v) is 9.40. The fourth-order valence-electron chi connectivity index (χ4n) is 2.02. The summed E-state index contributed by atoms with van der Waals surface area (Å²) < 4.78 is 36.0. The van der Waals surface area contributed by atoms with Crippen LogP contribution in [-0.4, -0.2) is 47.5 Å². The van der Waals surface area contributed by atoms with Crippen molar-refractivity contribution >= 4 is 49.9 Å². The van der Waals surface area contributed by atoms with Gasteiger partial charge in [0.15, 0.2) is 0 Å². The first kappa shape index (κ1) is 17.9. The summed E-state index contributed by atoms with van der Waals surface area (Å²) in [7, 11) is -2.59. The number of amides is 1. The first-order valence-electron chi connectivity index (χ1n) is 6.57. The van der Waals surface area contributed by atoms with Crippen LogP contribution in [0.15, 0.2) is 29.2 Å². The number of thioether (sulfide) groups is 1. The van der Waals surface area contributed by atoms with E-state index in [4.69, 9.17) is 21.5 Å². The van der Waals surface area contributed by atoms with Crippen LogP contribution in [0.2, 0.25) is 0 Å². The van der Waals surface area contributed by atoms with E-state index in [0.717, 1.165) is 22.9 Å². The lowest BCUT2D eigenvalue weighted by Gasteiger charge is -2.13. The fourth-order valence-corrected chi connectivity index (χ4v) is 3.78. The lowest BCUT2D eigenvalue weighted by molar-refractivity contribution is -0.121. The normalized spacial score (nSPS) is 17.6. The lowest BCUT2D eigenvalue weighted by atomic mass is 10.1. The Labute approximate surface area is 144 Å². The fraction of sp³-hybridized carbons (Fsp3) is 0.286. The molecular formula is C14H15NO5S3. The molecule has 1 aliphatic rings. The van der Waals surface area contributed by atoms with E-state index in [-0.39, 0.29) is 16.8 Å². The summed E-state index contributed by atoms with van der Waals surface area (Å²) in [5.74, 6) is -0.238. The van der Waals surface area contributed by atoms with Crippen molar-refractivity contribution in [1.29, 1.82) is 0 Å². The SMILES string of the molecule is COc1cccc(C(C)=C2SC(=S)N(CCS(=O)(=O)O)C2=O)c1. The Morgan fingerprint density at radius 1 is 1.43 bits per heavy atom. The molecular weight excluding hydrogens is 358 g/mol. The topological polar surface area (TPSA) is 83.9 Å². The highest BCUT2D eigenvalue weighted by atomic mass is 32.2. The van der Waals surface area contributed by atoms with Gasteiger partial charge in [-0.1, -0.05) is 36.1 Å². The largest absolute Gasteiger partial charge is 0.497 e. The van der Waals surface area contributed by atoms with E-state index in [0.29, 0.717) is 10.7 Å². The van der Waals surface area contributed by atoms with Crippen molar-refractivity contribution in [2.75, 3.05) is 19.4 Å². The van der Waals surface area contributed by atoms with Crippen LogP contribution in [0.3, 0.4) is 0 Å². The van der Waals surface area contributed by atoms with E-state index < -0.39 is 15.9 Å². The van der Waals surface area contributed by atoms with Crippen LogP contribution in [0.1, 0.15) is 12.5 Å². The summed E-state index contributed by atoms with van der Waals surface area (Å²) in [5, 5.41) is 0. The molecule has 9 heteroatoms. The number of methoxy groups -OCH3 is 1. The molecule has 6 nitrogen and oxygen atoms in total. The molecule has 124 valence electrons. The van der Waals surface area contributed by atoms with Crippen molar-refractivity contribution in [1.82, 2.24) is 4.90 Å². The Balaban J connectivity index is 2.29. The average molecular weight is 373 g/mol. The molecule has 1 aromatic carbocycles. The molecule has 0 unspecified atom stereocenters. The number of ether oxygens (including phenoxy) is 1. The molecule has 1 heterocycles. The number of thiocarbonyl (C=S) groups is 1. The van der Waals surface area contributed by atoms with Crippen molar-refractivity contribution in [2.45, 2.75) is 6.92 Å². The molecule has 0 atom stereocenters. The Hall–Kier alpha value is -1.42. The Morgan fingerprint density at radius 3 is 2.74 bits per heavy atom. The van der Waals surface area contributed by atoms with Crippen molar-refractivity contribution in [3.63, 3.8) is 0 Å². The van der Waals surface area contributed by atoms with Gasteiger partial charge in [0, 0.05) is 6.54 Å². The molecule has 0 bridgehead atoms. The summed E-state index contributed by atoms with van der Waals surface area (Å²) >= 11 is 6.25. The zero-order chi connectivity index (χ0) is 17.2. The van der Waals surface area contributed by atoms with E-state index in [1.807, 2.05) is 12.1 Å². The highest BCUT2D eigenvalue weighted by molar-refractivity contribution is 8.26. The molecule has 0 saturated carbocycles. The quantitative estimate of drug-likeness (QED) is 0.481. The number of benzene rings is 1. The maximum Gasteiger partial charge on any atom is 0.266 e. The monoisotopic (exact) mass is 373 g/mol. The maximum absolute atomic E-state index is 12.5. The molecule has 1 amide bonds. The van der Waals surface area contributed by atoms with Crippen molar-refractivity contribution in [3.8, 4) is 5.75 Å². The molecule has 1 aliphatic heterocycles. The predicted molar refractivity (Wildman–Crippen MR) is 93.9 cm³/mol. The Bertz CT molecular complexity index is 785. The Morgan fingerprint density at radius 2 is 2.13 bits per heavy atom. The standard InChI is InChI=1S/C14H15NO5S3/c1-9(10-4-3-5-11(8-10)20-2)12-13(16)15(14(21)22-12)6-7-23(17,18)19/h3-5,8H,6-7H2,1-2H3,(H,17,18,19). The second kappa shape index (κ2) is 7.00. The average Bonchev–Trinajstić information content (AvgIpc) is 2.78. The zero-order valence-corrected chi connectivity index (χ0v) is 14.9. The number of rotatable bonds is 5. The molecule has 0 spiro atoms. The third-order valence-electron chi connectivity index (χ3n) is 3.27. The van der Waals surface area contributed by atoms with Gasteiger partial charge in [0.2, 0.25) is 0 Å². The molecule has 0 aromatic heterocycles. The summed E-state index contributed by atoms with van der Waals surface area (Å²) in [4.78, 5) is 14.1. The summed E-state index contributed by atoms with van der Waals surface area (Å²) in [6.45, 7) is 1.63. The minimum Gasteiger partial charge on any atom is -0.497 e. The number of carbonyl (C=O) groups is 1. The predicted octanol–water partition coefficient (Wildman–Crippen LogP) is 2.17. The highest BCUT2D eigenvalue weighted by Gasteiger charge is 2.34.